The molecule has 1 aliphatic rings. The number of nitrogens with zero attached hydrogens (tertiary/aromatic N) is 1. The molecule has 4 heteroatoms. The summed E-state index contributed by atoms with van der Waals surface area (Å²) in [6.07, 6.45) is 1.77. The second-order valence-corrected chi connectivity index (χ2v) is 6.37. The van der Waals surface area contributed by atoms with Crippen LogP contribution in [0.3, 0.4) is 0 Å². The standard InChI is InChI=1S/C18H19BrN2O/c19-17-8-4-3-6-15(17)9-11-20-18(22)21-12-10-14-5-1-2-7-16(14)13-21/h1-8H,9-13H2,(H,20,22). The molecular formula is C18H19BrN2O. The summed E-state index contributed by atoms with van der Waals surface area (Å²) in [5.41, 5.74) is 3.83. The van der Waals surface area contributed by atoms with Crippen LogP contribution in [0.25, 0.3) is 0 Å². The normalized spacial score (nSPS) is 13.6. The zero-order valence-corrected chi connectivity index (χ0v) is 14.0. The van der Waals surface area contributed by atoms with Gasteiger partial charge in [0.15, 0.2) is 0 Å². The highest BCUT2D eigenvalue weighted by molar-refractivity contribution is 9.10. The lowest BCUT2D eigenvalue weighted by molar-refractivity contribution is 0.192. The zero-order valence-electron chi connectivity index (χ0n) is 12.4. The predicted molar refractivity (Wildman–Crippen MR) is 91.8 cm³/mol. The van der Waals surface area contributed by atoms with Gasteiger partial charge in [0.05, 0.1) is 0 Å². The first-order chi connectivity index (χ1) is 10.7. The smallest absolute Gasteiger partial charge is 0.317 e. The number of nitrogens with one attached hydrogen (secondary N) is 1. The topological polar surface area (TPSA) is 32.3 Å². The molecule has 3 rings (SSSR count). The average molecular weight is 359 g/mol. The zero-order chi connectivity index (χ0) is 15.4. The Morgan fingerprint density at radius 1 is 1.09 bits per heavy atom. The van der Waals surface area contributed by atoms with Gasteiger partial charge in [0.25, 0.3) is 0 Å². The monoisotopic (exact) mass is 358 g/mol. The molecule has 0 unspecified atom stereocenters. The van der Waals surface area contributed by atoms with Crippen LogP contribution in [-0.4, -0.2) is 24.0 Å². The average Bonchev–Trinajstić information content (AvgIpc) is 2.56. The molecular weight excluding hydrogens is 340 g/mol. The van der Waals surface area contributed by atoms with E-state index < -0.39 is 0 Å². The van der Waals surface area contributed by atoms with Crippen LogP contribution in [0.2, 0.25) is 0 Å². The molecule has 1 heterocycles. The van der Waals surface area contributed by atoms with Crippen LogP contribution in [0.1, 0.15) is 16.7 Å². The van der Waals surface area contributed by atoms with E-state index in [1.807, 2.05) is 29.2 Å². The minimum absolute atomic E-state index is 0.0292. The van der Waals surface area contributed by atoms with Gasteiger partial charge >= 0.3 is 6.03 Å². The molecule has 0 spiro atoms. The summed E-state index contributed by atoms with van der Waals surface area (Å²) in [7, 11) is 0. The highest BCUT2D eigenvalue weighted by Crippen LogP contribution is 2.18. The molecule has 1 N–H and O–H groups in total. The van der Waals surface area contributed by atoms with Crippen LogP contribution >= 0.6 is 15.9 Å². The summed E-state index contributed by atoms with van der Waals surface area (Å²) in [5.74, 6) is 0. The molecule has 0 radical (unpaired) electrons. The number of hydrogen-bond donors (Lipinski definition) is 1. The van der Waals surface area contributed by atoms with E-state index in [1.54, 1.807) is 0 Å². The molecule has 0 aliphatic carbocycles. The van der Waals surface area contributed by atoms with Crippen molar-refractivity contribution in [3.63, 3.8) is 0 Å². The lowest BCUT2D eigenvalue weighted by Crippen LogP contribution is -2.43. The number of urea groups is 1. The SMILES string of the molecule is O=C(NCCc1ccccc1Br)N1CCc2ccccc2C1. The van der Waals surface area contributed by atoms with Crippen LogP contribution < -0.4 is 5.32 Å². The van der Waals surface area contributed by atoms with Gasteiger partial charge in [-0.05, 0) is 35.6 Å². The van der Waals surface area contributed by atoms with Crippen LogP contribution in [0.4, 0.5) is 4.79 Å². The van der Waals surface area contributed by atoms with Gasteiger partial charge in [-0.1, -0.05) is 58.4 Å². The third kappa shape index (κ3) is 3.50. The first-order valence-electron chi connectivity index (χ1n) is 7.57. The number of benzene rings is 2. The van der Waals surface area contributed by atoms with E-state index in [4.69, 9.17) is 0 Å². The Bertz CT molecular complexity index is 672. The molecule has 22 heavy (non-hydrogen) atoms. The Labute approximate surface area is 139 Å². The molecule has 2 amide bonds. The van der Waals surface area contributed by atoms with Crippen LogP contribution in [-0.2, 0) is 19.4 Å². The Morgan fingerprint density at radius 3 is 2.64 bits per heavy atom. The molecule has 2 aromatic carbocycles. The largest absolute Gasteiger partial charge is 0.338 e. The van der Waals surface area contributed by atoms with Crippen LogP contribution in [0.15, 0.2) is 53.0 Å². The number of halogens is 1. The summed E-state index contributed by atoms with van der Waals surface area (Å²) >= 11 is 3.53. The Balaban J connectivity index is 1.52. The maximum atomic E-state index is 12.3. The number of hydrogen-bond acceptors (Lipinski definition) is 1. The lowest BCUT2D eigenvalue weighted by atomic mass is 10.0. The Kier molecular flexibility index (Phi) is 4.78. The van der Waals surface area contributed by atoms with E-state index in [9.17, 15) is 4.79 Å². The van der Waals surface area contributed by atoms with Gasteiger partial charge in [0.2, 0.25) is 0 Å². The quantitative estimate of drug-likeness (QED) is 0.889. The van der Waals surface area contributed by atoms with Gasteiger partial charge in [0.1, 0.15) is 0 Å². The van der Waals surface area contributed by atoms with E-state index in [0.717, 1.165) is 23.9 Å². The third-order valence-corrected chi connectivity index (χ3v) is 4.82. The van der Waals surface area contributed by atoms with E-state index in [-0.39, 0.29) is 6.03 Å². The summed E-state index contributed by atoms with van der Waals surface area (Å²) in [4.78, 5) is 14.2. The molecule has 0 aromatic heterocycles. The Hall–Kier alpha value is -1.81. The van der Waals surface area contributed by atoms with E-state index >= 15 is 0 Å². The molecule has 2 aromatic rings. The first kappa shape index (κ1) is 15.1. The van der Waals surface area contributed by atoms with Crippen molar-refractivity contribution >= 4 is 22.0 Å². The second kappa shape index (κ2) is 6.97. The number of carbonyl (C=O) groups is 1. The number of fused-ring (bicyclic) bond motifs is 1. The fraction of sp³-hybridized carbons (Fsp3) is 0.278. The van der Waals surface area contributed by atoms with Crippen molar-refractivity contribution in [1.82, 2.24) is 10.2 Å². The van der Waals surface area contributed by atoms with E-state index in [2.05, 4.69) is 45.5 Å². The predicted octanol–water partition coefficient (Wildman–Crippen LogP) is 3.76. The second-order valence-electron chi connectivity index (χ2n) is 5.51. The summed E-state index contributed by atoms with van der Waals surface area (Å²) in [6.45, 7) is 2.15. The van der Waals surface area contributed by atoms with Gasteiger partial charge in [0, 0.05) is 24.1 Å². The lowest BCUT2D eigenvalue weighted by Gasteiger charge is -2.29. The van der Waals surface area contributed by atoms with Crippen molar-refractivity contribution in [3.8, 4) is 0 Å². The van der Waals surface area contributed by atoms with Crippen molar-refractivity contribution in [1.29, 1.82) is 0 Å². The fourth-order valence-corrected chi connectivity index (χ4v) is 3.27. The van der Waals surface area contributed by atoms with Gasteiger partial charge in [-0.2, -0.15) is 0 Å². The maximum Gasteiger partial charge on any atom is 0.317 e. The minimum Gasteiger partial charge on any atom is -0.338 e. The number of amides is 2. The summed E-state index contributed by atoms with van der Waals surface area (Å²) < 4.78 is 1.09. The number of rotatable bonds is 3. The summed E-state index contributed by atoms with van der Waals surface area (Å²) in [5, 5.41) is 3.03. The fourth-order valence-electron chi connectivity index (χ4n) is 2.79. The van der Waals surface area contributed by atoms with Gasteiger partial charge in [-0.25, -0.2) is 4.79 Å². The van der Waals surface area contributed by atoms with Crippen molar-refractivity contribution in [3.05, 3.63) is 69.7 Å². The highest BCUT2D eigenvalue weighted by atomic mass is 79.9. The van der Waals surface area contributed by atoms with Crippen molar-refractivity contribution in [2.24, 2.45) is 0 Å². The molecule has 0 saturated carbocycles. The first-order valence-corrected chi connectivity index (χ1v) is 8.36. The van der Waals surface area contributed by atoms with Crippen molar-refractivity contribution in [2.75, 3.05) is 13.1 Å². The molecule has 114 valence electrons. The maximum absolute atomic E-state index is 12.3. The van der Waals surface area contributed by atoms with E-state index in [0.29, 0.717) is 13.1 Å². The Morgan fingerprint density at radius 2 is 1.82 bits per heavy atom. The third-order valence-electron chi connectivity index (χ3n) is 4.05. The molecule has 3 nitrogen and oxygen atoms in total. The molecule has 0 saturated heterocycles. The highest BCUT2D eigenvalue weighted by Gasteiger charge is 2.19. The van der Waals surface area contributed by atoms with Crippen molar-refractivity contribution in [2.45, 2.75) is 19.4 Å². The minimum atomic E-state index is 0.0292. The van der Waals surface area contributed by atoms with Gasteiger partial charge in [-0.3, -0.25) is 0 Å². The number of carbonyl (C=O) groups excluding carboxylic acids is 1. The van der Waals surface area contributed by atoms with Crippen LogP contribution in [0.5, 0.6) is 0 Å². The molecule has 0 bridgehead atoms. The molecule has 1 aliphatic heterocycles. The van der Waals surface area contributed by atoms with Crippen molar-refractivity contribution < 1.29 is 4.79 Å². The molecule has 0 atom stereocenters. The molecule has 0 fully saturated rings. The van der Waals surface area contributed by atoms with Crippen LogP contribution in [0, 0.1) is 0 Å². The summed E-state index contributed by atoms with van der Waals surface area (Å²) in [6, 6.07) is 16.5. The van der Waals surface area contributed by atoms with E-state index in [1.165, 1.54) is 16.7 Å². The van der Waals surface area contributed by atoms with Gasteiger partial charge < -0.3 is 10.2 Å². The van der Waals surface area contributed by atoms with Gasteiger partial charge in [-0.15, -0.1) is 0 Å².